The summed E-state index contributed by atoms with van der Waals surface area (Å²) in [6.45, 7) is 7.38. The number of amides is 2. The molecule has 2 heterocycles. The van der Waals surface area contributed by atoms with Crippen LogP contribution in [0.2, 0.25) is 0 Å². The van der Waals surface area contributed by atoms with Gasteiger partial charge in [0.15, 0.2) is 0 Å². The Hall–Kier alpha value is -1.97. The van der Waals surface area contributed by atoms with E-state index in [1.165, 1.54) is 37.1 Å². The summed E-state index contributed by atoms with van der Waals surface area (Å²) in [7, 11) is -3.75. The van der Waals surface area contributed by atoms with Crippen LogP contribution in [0, 0.1) is 5.92 Å². The molecule has 0 spiro atoms. The van der Waals surface area contributed by atoms with Gasteiger partial charge in [-0.25, -0.2) is 8.42 Å². The van der Waals surface area contributed by atoms with Gasteiger partial charge in [0.05, 0.1) is 11.4 Å². The van der Waals surface area contributed by atoms with Crippen LogP contribution in [0.25, 0.3) is 0 Å². The first kappa shape index (κ1) is 21.7. The summed E-state index contributed by atoms with van der Waals surface area (Å²) in [5.41, 5.74) is 0.416. The molecule has 160 valence electrons. The van der Waals surface area contributed by atoms with Crippen LogP contribution in [0.15, 0.2) is 29.2 Å². The highest BCUT2D eigenvalue weighted by Gasteiger charge is 2.29. The average molecular weight is 423 g/mol. The van der Waals surface area contributed by atoms with E-state index in [2.05, 4.69) is 29.4 Å². The van der Waals surface area contributed by atoms with Crippen molar-refractivity contribution in [3.05, 3.63) is 29.8 Å². The Morgan fingerprint density at radius 2 is 2.00 bits per heavy atom. The number of hydrogen-bond donors (Lipinski definition) is 2. The predicted molar refractivity (Wildman–Crippen MR) is 110 cm³/mol. The van der Waals surface area contributed by atoms with Gasteiger partial charge < -0.3 is 10.6 Å². The van der Waals surface area contributed by atoms with E-state index in [1.54, 1.807) is 0 Å². The lowest BCUT2D eigenvalue weighted by molar-refractivity contribution is -0.122. The lowest BCUT2D eigenvalue weighted by Gasteiger charge is -2.35. The summed E-state index contributed by atoms with van der Waals surface area (Å²) in [6.07, 6.45) is 2.45. The zero-order valence-electron chi connectivity index (χ0n) is 17.1. The Bertz CT molecular complexity index is 841. The minimum atomic E-state index is -3.75. The van der Waals surface area contributed by atoms with Crippen molar-refractivity contribution in [1.82, 2.24) is 19.8 Å². The van der Waals surface area contributed by atoms with Gasteiger partial charge in [0.1, 0.15) is 0 Å². The topological polar surface area (TPSA) is 98.8 Å². The third-order valence-corrected chi connectivity index (χ3v) is 7.49. The molecule has 0 aliphatic carbocycles. The van der Waals surface area contributed by atoms with Crippen molar-refractivity contribution in [3.8, 4) is 0 Å². The van der Waals surface area contributed by atoms with Gasteiger partial charge in [-0.2, -0.15) is 4.31 Å². The van der Waals surface area contributed by atoms with Crippen molar-refractivity contribution in [3.63, 3.8) is 0 Å². The number of rotatable bonds is 6. The molecular formula is C20H30N4O4S. The standard InChI is InChI=1S/C20H30N4O4S/c1-15-4-3-10-23(13-15)16(2)12-22-20(26)17-5-7-18(8-6-17)29(27,28)24-11-9-21-19(25)14-24/h5-8,15-16H,3-4,9-14H2,1-2H3,(H,21,25)(H,22,26)/t15-,16-/m0/s1. The maximum absolute atomic E-state index is 12.7. The molecule has 9 heteroatoms. The second kappa shape index (κ2) is 9.23. The molecule has 29 heavy (non-hydrogen) atoms. The van der Waals surface area contributed by atoms with E-state index in [1.807, 2.05) is 0 Å². The van der Waals surface area contributed by atoms with Crippen LogP contribution < -0.4 is 10.6 Å². The maximum atomic E-state index is 12.7. The van der Waals surface area contributed by atoms with Crippen molar-refractivity contribution in [2.75, 3.05) is 39.3 Å². The fraction of sp³-hybridized carbons (Fsp3) is 0.600. The highest BCUT2D eigenvalue weighted by atomic mass is 32.2. The predicted octanol–water partition coefficient (Wildman–Crippen LogP) is 0.657. The van der Waals surface area contributed by atoms with Gasteiger partial charge in [-0.05, 0) is 56.5 Å². The average Bonchev–Trinajstić information content (AvgIpc) is 2.72. The molecule has 0 bridgehead atoms. The molecule has 2 atom stereocenters. The summed E-state index contributed by atoms with van der Waals surface area (Å²) < 4.78 is 26.5. The van der Waals surface area contributed by atoms with Gasteiger partial charge in [0.25, 0.3) is 5.91 Å². The smallest absolute Gasteiger partial charge is 0.251 e. The van der Waals surface area contributed by atoms with Crippen LogP contribution in [0.1, 0.15) is 37.0 Å². The molecule has 2 aliphatic rings. The summed E-state index contributed by atoms with van der Waals surface area (Å²) in [5.74, 6) is 0.152. The molecule has 2 aliphatic heterocycles. The van der Waals surface area contributed by atoms with Crippen molar-refractivity contribution in [2.45, 2.75) is 37.6 Å². The minimum absolute atomic E-state index is 0.0828. The Labute approximate surface area is 172 Å². The van der Waals surface area contributed by atoms with Crippen LogP contribution in [-0.2, 0) is 14.8 Å². The van der Waals surface area contributed by atoms with Gasteiger partial charge in [-0.1, -0.05) is 6.92 Å². The SMILES string of the molecule is C[C@H]1CCCN([C@@H](C)CNC(=O)c2ccc(S(=O)(=O)N3CCNC(=O)C3)cc2)C1. The maximum Gasteiger partial charge on any atom is 0.251 e. The fourth-order valence-electron chi connectivity index (χ4n) is 3.85. The zero-order chi connectivity index (χ0) is 21.0. The second-order valence-corrected chi connectivity index (χ2v) is 9.95. The number of piperidine rings is 1. The Balaban J connectivity index is 1.57. The van der Waals surface area contributed by atoms with E-state index in [4.69, 9.17) is 0 Å². The number of hydrogen-bond acceptors (Lipinski definition) is 5. The van der Waals surface area contributed by atoms with E-state index in [0.717, 1.165) is 17.4 Å². The number of nitrogens with zero attached hydrogens (tertiary/aromatic N) is 2. The number of sulfonamides is 1. The lowest BCUT2D eigenvalue weighted by Crippen LogP contribution is -2.49. The van der Waals surface area contributed by atoms with E-state index in [-0.39, 0.29) is 35.8 Å². The highest BCUT2D eigenvalue weighted by molar-refractivity contribution is 7.89. The summed E-state index contributed by atoms with van der Waals surface area (Å²) >= 11 is 0. The fourth-order valence-corrected chi connectivity index (χ4v) is 5.24. The van der Waals surface area contributed by atoms with Gasteiger partial charge in [0.2, 0.25) is 15.9 Å². The molecule has 1 aromatic rings. The molecule has 3 rings (SSSR count). The summed E-state index contributed by atoms with van der Waals surface area (Å²) in [4.78, 5) is 26.4. The second-order valence-electron chi connectivity index (χ2n) is 8.01. The quantitative estimate of drug-likeness (QED) is 0.702. The lowest BCUT2D eigenvalue weighted by atomic mass is 9.99. The first-order chi connectivity index (χ1) is 13.8. The third-order valence-electron chi connectivity index (χ3n) is 5.63. The molecule has 0 radical (unpaired) electrons. The van der Waals surface area contributed by atoms with E-state index < -0.39 is 10.0 Å². The molecular weight excluding hydrogens is 392 g/mol. The first-order valence-electron chi connectivity index (χ1n) is 10.2. The minimum Gasteiger partial charge on any atom is -0.354 e. The molecule has 2 amide bonds. The summed E-state index contributed by atoms with van der Waals surface area (Å²) in [6, 6.07) is 6.13. The monoisotopic (exact) mass is 422 g/mol. The van der Waals surface area contributed by atoms with Crippen molar-refractivity contribution >= 4 is 21.8 Å². The molecule has 8 nitrogen and oxygen atoms in total. The van der Waals surface area contributed by atoms with Gasteiger partial charge >= 0.3 is 0 Å². The van der Waals surface area contributed by atoms with Gasteiger partial charge in [0, 0.05) is 37.8 Å². The molecule has 0 aromatic heterocycles. The molecule has 2 fully saturated rings. The first-order valence-corrected chi connectivity index (χ1v) is 11.6. The van der Waals surface area contributed by atoms with Crippen LogP contribution in [0.3, 0.4) is 0 Å². The zero-order valence-corrected chi connectivity index (χ0v) is 17.9. The van der Waals surface area contributed by atoms with Crippen LogP contribution >= 0.6 is 0 Å². The van der Waals surface area contributed by atoms with E-state index >= 15 is 0 Å². The third kappa shape index (κ3) is 5.34. The van der Waals surface area contributed by atoms with E-state index in [9.17, 15) is 18.0 Å². The Morgan fingerprint density at radius 1 is 1.28 bits per heavy atom. The Morgan fingerprint density at radius 3 is 2.66 bits per heavy atom. The van der Waals surface area contributed by atoms with E-state index in [0.29, 0.717) is 24.6 Å². The molecule has 0 unspecified atom stereocenters. The highest BCUT2D eigenvalue weighted by Crippen LogP contribution is 2.18. The van der Waals surface area contributed by atoms with Crippen LogP contribution in [0.4, 0.5) is 0 Å². The number of nitrogens with one attached hydrogen (secondary N) is 2. The normalized spacial score (nSPS) is 22.7. The molecule has 2 N–H and O–H groups in total. The molecule has 0 saturated carbocycles. The Kier molecular flexibility index (Phi) is 6.92. The summed E-state index contributed by atoms with van der Waals surface area (Å²) in [5, 5.41) is 5.55. The van der Waals surface area contributed by atoms with Crippen molar-refractivity contribution < 1.29 is 18.0 Å². The van der Waals surface area contributed by atoms with Crippen molar-refractivity contribution in [2.24, 2.45) is 5.92 Å². The van der Waals surface area contributed by atoms with Crippen LogP contribution in [-0.4, -0.2) is 74.7 Å². The number of carbonyl (C=O) groups excluding carboxylic acids is 2. The van der Waals surface area contributed by atoms with Crippen LogP contribution in [0.5, 0.6) is 0 Å². The molecule has 2 saturated heterocycles. The largest absolute Gasteiger partial charge is 0.354 e. The van der Waals surface area contributed by atoms with Gasteiger partial charge in [-0.3, -0.25) is 14.5 Å². The molecule has 1 aromatic carbocycles. The number of piperazine rings is 1. The number of benzene rings is 1. The van der Waals surface area contributed by atoms with Crippen molar-refractivity contribution in [1.29, 1.82) is 0 Å². The number of likely N-dealkylation sites (tertiary alicyclic amines) is 1. The van der Waals surface area contributed by atoms with Gasteiger partial charge in [-0.15, -0.1) is 0 Å². The number of carbonyl (C=O) groups is 2.